The molecule has 6 N–H and O–H groups in total. The van der Waals surface area contributed by atoms with Crippen molar-refractivity contribution >= 4 is 35.0 Å². The Bertz CT molecular complexity index is 1110. The molecule has 1 saturated heterocycles. The van der Waals surface area contributed by atoms with Crippen molar-refractivity contribution in [1.82, 2.24) is 0 Å². The van der Waals surface area contributed by atoms with Crippen molar-refractivity contribution in [2.45, 2.75) is 45.7 Å². The van der Waals surface area contributed by atoms with E-state index in [4.69, 9.17) is 15.9 Å². The van der Waals surface area contributed by atoms with Crippen LogP contribution in [0.15, 0.2) is 42.5 Å². The summed E-state index contributed by atoms with van der Waals surface area (Å²) in [6.45, 7) is 7.02. The summed E-state index contributed by atoms with van der Waals surface area (Å²) in [7, 11) is 0. The van der Waals surface area contributed by atoms with Gasteiger partial charge < -0.3 is 31.5 Å². The number of aliphatic carboxylic acids is 1. The molecule has 3 amide bonds. The minimum absolute atomic E-state index is 0.115. The number of alkyl halides is 3. The number of rotatable bonds is 6. The van der Waals surface area contributed by atoms with Crippen LogP contribution in [-0.4, -0.2) is 47.4 Å². The lowest BCUT2D eigenvalue weighted by molar-refractivity contribution is -0.163. The number of carbonyl (C=O) groups excluding carboxylic acids is 2. The van der Waals surface area contributed by atoms with Crippen molar-refractivity contribution < 1.29 is 37.8 Å². The van der Waals surface area contributed by atoms with E-state index in [2.05, 4.69) is 24.5 Å². The lowest BCUT2D eigenvalue weighted by Crippen LogP contribution is -2.39. The van der Waals surface area contributed by atoms with Crippen LogP contribution in [0.2, 0.25) is 0 Å². The lowest BCUT2D eigenvalue weighted by Gasteiger charge is -2.37. The number of halogens is 3. The van der Waals surface area contributed by atoms with Crippen LogP contribution in [0.5, 0.6) is 5.75 Å². The molecule has 38 heavy (non-hydrogen) atoms. The van der Waals surface area contributed by atoms with Crippen molar-refractivity contribution in [3.8, 4) is 5.75 Å². The van der Waals surface area contributed by atoms with Gasteiger partial charge in [0.05, 0.1) is 23.7 Å². The molecule has 2 aromatic carbocycles. The fraction of sp³-hybridized carbons (Fsp3) is 0.423. The number of aromatic hydroxyl groups is 1. The fourth-order valence-electron chi connectivity index (χ4n) is 4.48. The van der Waals surface area contributed by atoms with Gasteiger partial charge in [0.15, 0.2) is 0 Å². The molecule has 2 aromatic rings. The maximum atomic E-state index is 13.3. The summed E-state index contributed by atoms with van der Waals surface area (Å²) in [6.07, 6.45) is -4.77. The van der Waals surface area contributed by atoms with E-state index in [0.29, 0.717) is 36.3 Å². The number of nitrogens with zero attached hydrogens (tertiary/aromatic N) is 1. The molecule has 1 aliphatic rings. The molecule has 3 unspecified atom stereocenters. The third-order valence-electron chi connectivity index (χ3n) is 5.85. The number of phenols is 1. The van der Waals surface area contributed by atoms with Crippen molar-refractivity contribution in [2.24, 2.45) is 17.6 Å². The summed E-state index contributed by atoms with van der Waals surface area (Å²) in [5, 5.41) is 22.7. The summed E-state index contributed by atoms with van der Waals surface area (Å²) >= 11 is 0. The predicted molar refractivity (Wildman–Crippen MR) is 138 cm³/mol. The van der Waals surface area contributed by atoms with E-state index in [0.717, 1.165) is 6.42 Å². The van der Waals surface area contributed by atoms with Gasteiger partial charge in [-0.1, -0.05) is 19.9 Å². The number of nitrogens with one attached hydrogen (secondary N) is 2. The van der Waals surface area contributed by atoms with Crippen LogP contribution in [0.25, 0.3) is 0 Å². The van der Waals surface area contributed by atoms with E-state index in [9.17, 15) is 27.6 Å². The minimum Gasteiger partial charge on any atom is -0.508 e. The number of urea groups is 1. The fourth-order valence-corrected chi connectivity index (χ4v) is 4.48. The van der Waals surface area contributed by atoms with E-state index in [1.807, 2.05) is 4.90 Å². The Kier molecular flexibility index (Phi) is 10.4. The van der Waals surface area contributed by atoms with E-state index < -0.39 is 30.5 Å². The first-order chi connectivity index (χ1) is 17.6. The third-order valence-corrected chi connectivity index (χ3v) is 5.85. The number of benzene rings is 2. The Morgan fingerprint density at radius 1 is 1.05 bits per heavy atom. The third kappa shape index (κ3) is 9.49. The molecule has 0 spiro atoms. The monoisotopic (exact) mass is 538 g/mol. The predicted octanol–water partition coefficient (Wildman–Crippen LogP) is 5.13. The first-order valence-corrected chi connectivity index (χ1v) is 12.0. The van der Waals surface area contributed by atoms with E-state index in [1.54, 1.807) is 12.1 Å². The molecule has 0 radical (unpaired) electrons. The van der Waals surface area contributed by atoms with Crippen LogP contribution < -0.4 is 21.3 Å². The van der Waals surface area contributed by atoms with Crippen LogP contribution in [0.4, 0.5) is 35.0 Å². The highest BCUT2D eigenvalue weighted by atomic mass is 19.4. The van der Waals surface area contributed by atoms with Crippen molar-refractivity contribution in [2.75, 3.05) is 28.6 Å². The molecule has 1 aliphatic heterocycles. The number of primary amides is 1. The summed E-state index contributed by atoms with van der Waals surface area (Å²) in [4.78, 5) is 34.8. The molecule has 9 nitrogen and oxygen atoms in total. The number of amides is 3. The first-order valence-electron chi connectivity index (χ1n) is 12.0. The second kappa shape index (κ2) is 13.0. The summed E-state index contributed by atoms with van der Waals surface area (Å²) in [5.41, 5.74) is 6.38. The molecule has 208 valence electrons. The smallest absolute Gasteiger partial charge is 0.396 e. The number of hydrogen-bond acceptors (Lipinski definition) is 5. The highest BCUT2D eigenvalue weighted by Gasteiger charge is 2.42. The van der Waals surface area contributed by atoms with Crippen LogP contribution >= 0.6 is 0 Å². The van der Waals surface area contributed by atoms with Crippen molar-refractivity contribution in [1.29, 1.82) is 0 Å². The molecule has 3 rings (SSSR count). The van der Waals surface area contributed by atoms with Gasteiger partial charge in [0.2, 0.25) is 5.91 Å². The molecule has 1 heterocycles. The highest BCUT2D eigenvalue weighted by Crippen LogP contribution is 2.41. The number of piperidine rings is 1. The molecular formula is C26H33F3N4O5. The number of carboxylic acids is 1. The van der Waals surface area contributed by atoms with Gasteiger partial charge in [-0.3, -0.25) is 9.59 Å². The molecule has 0 bridgehead atoms. The van der Waals surface area contributed by atoms with E-state index >= 15 is 0 Å². The largest absolute Gasteiger partial charge is 0.508 e. The number of nitrogens with two attached hydrogens (primary N) is 1. The van der Waals surface area contributed by atoms with Gasteiger partial charge in [0, 0.05) is 25.7 Å². The summed E-state index contributed by atoms with van der Waals surface area (Å²) in [5.74, 6) is -2.86. The van der Waals surface area contributed by atoms with Crippen molar-refractivity contribution in [3.05, 3.63) is 48.0 Å². The van der Waals surface area contributed by atoms with Crippen LogP contribution in [-0.2, 0) is 9.59 Å². The second-order valence-electron chi connectivity index (χ2n) is 9.54. The summed E-state index contributed by atoms with van der Waals surface area (Å²) in [6, 6.07) is 9.35. The topological polar surface area (TPSA) is 145 Å². The van der Waals surface area contributed by atoms with Gasteiger partial charge in [0.25, 0.3) is 0 Å². The molecule has 12 heteroatoms. The zero-order valence-electron chi connectivity index (χ0n) is 21.4. The molecular weight excluding hydrogens is 505 g/mol. The zero-order valence-corrected chi connectivity index (χ0v) is 21.4. The highest BCUT2D eigenvalue weighted by molar-refractivity contribution is 5.92. The van der Waals surface area contributed by atoms with Gasteiger partial charge in [-0.05, 0) is 60.2 Å². The standard InChI is InChI=1S/C18H24F3N3O3.C8H9NO2/c1-10-5-11(2)9-24(8-10)15-4-3-12(6-14(15)23-17(22)27)13(7-16(25)26)18(19,20)21;1-6(10)9-7-2-4-8(11)5-3-7/h3-4,6,10-11,13H,5,7-9H2,1-2H3,(H,25,26)(H3,22,23,27);2-5,11H,1H3,(H,9,10). The molecule has 3 atom stereocenters. The Morgan fingerprint density at radius 2 is 1.63 bits per heavy atom. The lowest BCUT2D eigenvalue weighted by atomic mass is 9.90. The van der Waals surface area contributed by atoms with Gasteiger partial charge in [-0.25, -0.2) is 4.79 Å². The second-order valence-corrected chi connectivity index (χ2v) is 9.54. The zero-order chi connectivity index (χ0) is 28.6. The minimum atomic E-state index is -4.72. The normalized spacial score (nSPS) is 18.0. The van der Waals surface area contributed by atoms with Crippen LogP contribution in [0.3, 0.4) is 0 Å². The van der Waals surface area contributed by atoms with Crippen molar-refractivity contribution in [3.63, 3.8) is 0 Å². The molecule has 0 aliphatic carbocycles. The van der Waals surface area contributed by atoms with Gasteiger partial charge >= 0.3 is 18.2 Å². The SMILES string of the molecule is CC(=O)Nc1ccc(O)cc1.CC1CC(C)CN(c2ccc(C(CC(=O)O)C(F)(F)F)cc2NC(N)=O)C1. The van der Waals surface area contributed by atoms with Crippen LogP contribution in [0.1, 0.15) is 45.1 Å². The maximum absolute atomic E-state index is 13.3. The molecule has 0 aromatic heterocycles. The Labute approximate surface area is 218 Å². The quantitative estimate of drug-likeness (QED) is 0.323. The number of anilines is 3. The van der Waals surface area contributed by atoms with Crippen LogP contribution in [0, 0.1) is 11.8 Å². The average Bonchev–Trinajstić information content (AvgIpc) is 2.77. The van der Waals surface area contributed by atoms with E-state index in [-0.39, 0.29) is 22.9 Å². The molecule has 1 fully saturated rings. The Balaban J connectivity index is 0.000000384. The van der Waals surface area contributed by atoms with E-state index in [1.165, 1.54) is 37.3 Å². The summed E-state index contributed by atoms with van der Waals surface area (Å²) < 4.78 is 40.0. The number of carboxylic acid groups (broad SMARTS) is 1. The number of phenolic OH excluding ortho intramolecular Hbond substituents is 1. The molecule has 0 saturated carbocycles. The van der Waals surface area contributed by atoms with Gasteiger partial charge in [-0.15, -0.1) is 0 Å². The Morgan fingerprint density at radius 3 is 2.11 bits per heavy atom. The first kappa shape index (κ1) is 30.3. The number of carbonyl (C=O) groups is 3. The maximum Gasteiger partial charge on any atom is 0.396 e. The number of hydrogen-bond donors (Lipinski definition) is 5. The van der Waals surface area contributed by atoms with Gasteiger partial charge in [0.1, 0.15) is 5.75 Å². The average molecular weight is 539 g/mol. The Hall–Kier alpha value is -3.96. The van der Waals surface area contributed by atoms with Gasteiger partial charge in [-0.2, -0.15) is 13.2 Å².